The fourth-order valence-corrected chi connectivity index (χ4v) is 3.36. The lowest BCUT2D eigenvalue weighted by atomic mass is 9.90. The fraction of sp³-hybridized carbons (Fsp3) is 0.375. The summed E-state index contributed by atoms with van der Waals surface area (Å²) < 4.78 is 1.03. The van der Waals surface area contributed by atoms with E-state index in [1.807, 2.05) is 30.3 Å². The van der Waals surface area contributed by atoms with Gasteiger partial charge in [-0.2, -0.15) is 0 Å². The summed E-state index contributed by atoms with van der Waals surface area (Å²) >= 11 is 3.46. The van der Waals surface area contributed by atoms with Gasteiger partial charge in [-0.05, 0) is 42.7 Å². The number of carboxylic acid groups (broad SMARTS) is 1. The third kappa shape index (κ3) is 3.02. The van der Waals surface area contributed by atoms with E-state index in [1.165, 1.54) is 0 Å². The molecule has 1 aliphatic heterocycles. The van der Waals surface area contributed by atoms with Crippen LogP contribution in [-0.2, 0) is 4.79 Å². The number of carboxylic acids is 1. The van der Waals surface area contributed by atoms with Gasteiger partial charge in [0.25, 0.3) is 0 Å². The van der Waals surface area contributed by atoms with E-state index in [-0.39, 0.29) is 5.92 Å². The molecule has 1 saturated heterocycles. The first-order valence-corrected chi connectivity index (χ1v) is 7.86. The minimum atomic E-state index is -0.712. The molecule has 1 fully saturated rings. The molecule has 3 rings (SSSR count). The number of aromatic nitrogens is 1. The lowest BCUT2D eigenvalue weighted by Gasteiger charge is -2.35. The lowest BCUT2D eigenvalue weighted by molar-refractivity contribution is -0.142. The minimum absolute atomic E-state index is 0.309. The third-order valence-corrected chi connectivity index (χ3v) is 4.46. The van der Waals surface area contributed by atoms with Crippen molar-refractivity contribution in [2.45, 2.75) is 13.3 Å². The van der Waals surface area contributed by atoms with Crippen LogP contribution in [0.15, 0.2) is 34.8 Å². The van der Waals surface area contributed by atoms with Crippen LogP contribution in [0.5, 0.6) is 0 Å². The van der Waals surface area contributed by atoms with E-state index < -0.39 is 5.97 Å². The number of rotatable bonds is 2. The molecule has 1 aromatic carbocycles. The van der Waals surface area contributed by atoms with Crippen LogP contribution in [0.4, 0.5) is 5.82 Å². The van der Waals surface area contributed by atoms with Gasteiger partial charge in [-0.25, -0.2) is 4.98 Å². The molecule has 110 valence electrons. The van der Waals surface area contributed by atoms with E-state index in [0.717, 1.165) is 34.2 Å². The normalized spacial score (nSPS) is 22.5. The fourth-order valence-electron chi connectivity index (χ4n) is 2.98. The number of piperidine rings is 1. The minimum Gasteiger partial charge on any atom is -0.481 e. The smallest absolute Gasteiger partial charge is 0.308 e. The Bertz CT molecular complexity index is 689. The first-order chi connectivity index (χ1) is 10.0. The van der Waals surface area contributed by atoms with Crippen molar-refractivity contribution in [1.82, 2.24) is 4.98 Å². The molecule has 5 heteroatoms. The highest BCUT2D eigenvalue weighted by Crippen LogP contribution is 2.27. The van der Waals surface area contributed by atoms with Crippen molar-refractivity contribution in [2.75, 3.05) is 18.0 Å². The topological polar surface area (TPSA) is 53.4 Å². The molecule has 21 heavy (non-hydrogen) atoms. The first kappa shape index (κ1) is 14.3. The molecular formula is C16H17BrN2O2. The van der Waals surface area contributed by atoms with E-state index in [2.05, 4.69) is 32.7 Å². The number of hydrogen-bond acceptors (Lipinski definition) is 3. The molecule has 0 aliphatic carbocycles. The maximum absolute atomic E-state index is 11.3. The average Bonchev–Trinajstić information content (AvgIpc) is 2.46. The SMILES string of the molecule is CC1CC(C(=O)O)CN(c2ccc3cc(Br)ccc3n2)C1. The Kier molecular flexibility index (Phi) is 3.85. The summed E-state index contributed by atoms with van der Waals surface area (Å²) in [7, 11) is 0. The van der Waals surface area contributed by atoms with Crippen LogP contribution in [0.2, 0.25) is 0 Å². The molecule has 2 heterocycles. The van der Waals surface area contributed by atoms with E-state index in [1.54, 1.807) is 0 Å². The highest BCUT2D eigenvalue weighted by molar-refractivity contribution is 9.10. The Morgan fingerprint density at radius 3 is 2.90 bits per heavy atom. The summed E-state index contributed by atoms with van der Waals surface area (Å²) in [6, 6.07) is 10.00. The molecule has 1 N–H and O–H groups in total. The number of pyridine rings is 1. The number of carbonyl (C=O) groups is 1. The van der Waals surface area contributed by atoms with Gasteiger partial charge in [-0.15, -0.1) is 0 Å². The Morgan fingerprint density at radius 1 is 1.33 bits per heavy atom. The van der Waals surface area contributed by atoms with E-state index in [0.29, 0.717) is 12.5 Å². The zero-order valence-electron chi connectivity index (χ0n) is 11.8. The third-order valence-electron chi connectivity index (χ3n) is 3.97. The molecule has 0 radical (unpaired) electrons. The Hall–Kier alpha value is -1.62. The van der Waals surface area contributed by atoms with E-state index >= 15 is 0 Å². The Labute approximate surface area is 131 Å². The second-order valence-electron chi connectivity index (χ2n) is 5.79. The predicted octanol–water partition coefficient (Wildman–Crippen LogP) is 3.54. The van der Waals surface area contributed by atoms with Crippen LogP contribution in [0, 0.1) is 11.8 Å². The number of halogens is 1. The number of anilines is 1. The Balaban J connectivity index is 1.92. The summed E-state index contributed by atoms with van der Waals surface area (Å²) in [6.45, 7) is 3.49. The molecule has 2 atom stereocenters. The van der Waals surface area contributed by atoms with Gasteiger partial charge in [-0.3, -0.25) is 4.79 Å². The predicted molar refractivity (Wildman–Crippen MR) is 86.6 cm³/mol. The lowest BCUT2D eigenvalue weighted by Crippen LogP contribution is -2.42. The van der Waals surface area contributed by atoms with Gasteiger partial charge >= 0.3 is 5.97 Å². The van der Waals surface area contributed by atoms with Crippen LogP contribution < -0.4 is 4.90 Å². The number of nitrogens with zero attached hydrogens (tertiary/aromatic N) is 2. The molecule has 2 unspecified atom stereocenters. The first-order valence-electron chi connectivity index (χ1n) is 7.07. The van der Waals surface area contributed by atoms with Crippen molar-refractivity contribution >= 4 is 38.6 Å². The van der Waals surface area contributed by atoms with Gasteiger partial charge in [0.15, 0.2) is 0 Å². The van der Waals surface area contributed by atoms with Crippen molar-refractivity contribution in [3.8, 4) is 0 Å². The van der Waals surface area contributed by atoms with Gasteiger partial charge in [0.1, 0.15) is 5.82 Å². The highest BCUT2D eigenvalue weighted by atomic mass is 79.9. The molecule has 0 spiro atoms. The highest BCUT2D eigenvalue weighted by Gasteiger charge is 2.30. The standard InChI is InChI=1S/C16H17BrN2O2/c1-10-6-12(16(20)21)9-19(8-10)15-5-2-11-7-13(17)3-4-14(11)18-15/h2-5,7,10,12H,6,8-9H2,1H3,(H,20,21). The van der Waals surface area contributed by atoms with Crippen LogP contribution in [-0.4, -0.2) is 29.1 Å². The number of benzene rings is 1. The van der Waals surface area contributed by atoms with Crippen molar-refractivity contribution in [1.29, 1.82) is 0 Å². The number of hydrogen-bond donors (Lipinski definition) is 1. The van der Waals surface area contributed by atoms with Gasteiger partial charge in [0.05, 0.1) is 11.4 Å². The monoisotopic (exact) mass is 348 g/mol. The second kappa shape index (κ2) is 5.64. The molecule has 2 aromatic rings. The summed E-state index contributed by atoms with van der Waals surface area (Å²) in [6.07, 6.45) is 0.742. The molecule has 0 saturated carbocycles. The second-order valence-corrected chi connectivity index (χ2v) is 6.70. The maximum atomic E-state index is 11.3. The van der Waals surface area contributed by atoms with Crippen molar-refractivity contribution in [3.05, 3.63) is 34.8 Å². The summed E-state index contributed by atoms with van der Waals surface area (Å²) in [4.78, 5) is 18.0. The van der Waals surface area contributed by atoms with Gasteiger partial charge in [0, 0.05) is 22.9 Å². The maximum Gasteiger partial charge on any atom is 0.308 e. The van der Waals surface area contributed by atoms with Gasteiger partial charge in [-0.1, -0.05) is 22.9 Å². The molecule has 0 bridgehead atoms. The molecule has 0 amide bonds. The largest absolute Gasteiger partial charge is 0.481 e. The molecule has 1 aliphatic rings. The van der Waals surface area contributed by atoms with Crippen molar-refractivity contribution in [3.63, 3.8) is 0 Å². The van der Waals surface area contributed by atoms with E-state index in [9.17, 15) is 9.90 Å². The van der Waals surface area contributed by atoms with Gasteiger partial charge < -0.3 is 10.0 Å². The number of fused-ring (bicyclic) bond motifs is 1. The molecule has 4 nitrogen and oxygen atoms in total. The van der Waals surface area contributed by atoms with Crippen LogP contribution in [0.3, 0.4) is 0 Å². The summed E-state index contributed by atoms with van der Waals surface area (Å²) in [5, 5.41) is 10.3. The van der Waals surface area contributed by atoms with E-state index in [4.69, 9.17) is 0 Å². The molecule has 1 aromatic heterocycles. The van der Waals surface area contributed by atoms with Crippen LogP contribution in [0.25, 0.3) is 10.9 Å². The van der Waals surface area contributed by atoms with Crippen LogP contribution in [0.1, 0.15) is 13.3 Å². The van der Waals surface area contributed by atoms with Crippen molar-refractivity contribution in [2.24, 2.45) is 11.8 Å². The quantitative estimate of drug-likeness (QED) is 0.901. The zero-order chi connectivity index (χ0) is 15.0. The van der Waals surface area contributed by atoms with Gasteiger partial charge in [0.2, 0.25) is 0 Å². The zero-order valence-corrected chi connectivity index (χ0v) is 13.4. The summed E-state index contributed by atoms with van der Waals surface area (Å²) in [5.41, 5.74) is 0.931. The summed E-state index contributed by atoms with van der Waals surface area (Å²) in [5.74, 6) is 0.206. The number of aliphatic carboxylic acids is 1. The van der Waals surface area contributed by atoms with Crippen molar-refractivity contribution < 1.29 is 9.90 Å². The Morgan fingerprint density at radius 2 is 2.14 bits per heavy atom. The molecular weight excluding hydrogens is 332 g/mol. The average molecular weight is 349 g/mol. The van der Waals surface area contributed by atoms with Crippen LogP contribution >= 0.6 is 15.9 Å².